The van der Waals surface area contributed by atoms with Gasteiger partial charge in [-0.1, -0.05) is 40.2 Å². The number of fused-ring (bicyclic) bond motifs is 5. The maximum Gasteiger partial charge on any atom is 0.250 e. The molecule has 0 bridgehead atoms. The van der Waals surface area contributed by atoms with E-state index >= 15 is 0 Å². The van der Waals surface area contributed by atoms with Crippen LogP contribution in [-0.4, -0.2) is 8.32 Å². The minimum absolute atomic E-state index is 0.254. The first kappa shape index (κ1) is 18.6. The lowest BCUT2D eigenvalue weighted by Gasteiger charge is -2.49. The third-order valence-electron chi connectivity index (χ3n) is 8.66. The summed E-state index contributed by atoms with van der Waals surface area (Å²) in [6.45, 7) is 14.3. The standard InChI is InChI=1S/C24H38OSi/c1-23(2,3)26(5,6)25-18-10-12-19-17(16-18)9-11-21-20(19)13-15-24(4)14-7-8-22(21)24/h10,12,16,20-22H,7-9,11,13-15H2,1-6H3/t20?,21?,22?,24-/m0/s1. The molecule has 2 saturated carbocycles. The van der Waals surface area contributed by atoms with Crippen LogP contribution in [0.3, 0.4) is 0 Å². The Morgan fingerprint density at radius 2 is 1.85 bits per heavy atom. The lowest BCUT2D eigenvalue weighted by molar-refractivity contribution is 0.0598. The molecule has 0 heterocycles. The molecule has 0 aromatic heterocycles. The molecule has 2 heteroatoms. The predicted molar refractivity (Wildman–Crippen MR) is 114 cm³/mol. The number of benzene rings is 1. The van der Waals surface area contributed by atoms with Gasteiger partial charge in [-0.05, 0) is 103 Å². The van der Waals surface area contributed by atoms with Crippen LogP contribution >= 0.6 is 0 Å². The monoisotopic (exact) mass is 370 g/mol. The van der Waals surface area contributed by atoms with Crippen molar-refractivity contribution in [2.45, 2.75) is 96.7 Å². The van der Waals surface area contributed by atoms with Crippen molar-refractivity contribution in [3.8, 4) is 5.75 Å². The summed E-state index contributed by atoms with van der Waals surface area (Å²) >= 11 is 0. The minimum atomic E-state index is -1.75. The van der Waals surface area contributed by atoms with E-state index in [9.17, 15) is 0 Å². The van der Waals surface area contributed by atoms with Gasteiger partial charge in [-0.25, -0.2) is 0 Å². The van der Waals surface area contributed by atoms with Gasteiger partial charge in [0.15, 0.2) is 0 Å². The van der Waals surface area contributed by atoms with Crippen molar-refractivity contribution in [3.63, 3.8) is 0 Å². The van der Waals surface area contributed by atoms with Gasteiger partial charge >= 0.3 is 0 Å². The molecule has 3 aliphatic carbocycles. The molecule has 4 rings (SSSR count). The van der Waals surface area contributed by atoms with E-state index in [1.54, 1.807) is 11.1 Å². The minimum Gasteiger partial charge on any atom is -0.543 e. The summed E-state index contributed by atoms with van der Waals surface area (Å²) in [5.74, 6) is 3.86. The molecule has 1 aromatic carbocycles. The summed E-state index contributed by atoms with van der Waals surface area (Å²) in [5.41, 5.74) is 3.91. The van der Waals surface area contributed by atoms with Crippen molar-refractivity contribution >= 4 is 8.32 Å². The molecule has 0 radical (unpaired) electrons. The largest absolute Gasteiger partial charge is 0.543 e. The van der Waals surface area contributed by atoms with E-state index in [2.05, 4.69) is 59.0 Å². The zero-order chi connectivity index (χ0) is 18.7. The Morgan fingerprint density at radius 3 is 2.58 bits per heavy atom. The summed E-state index contributed by atoms with van der Waals surface area (Å²) in [6.07, 6.45) is 9.95. The first-order chi connectivity index (χ1) is 12.1. The van der Waals surface area contributed by atoms with Crippen LogP contribution in [0, 0.1) is 17.3 Å². The second-order valence-corrected chi connectivity index (χ2v) is 15.9. The third kappa shape index (κ3) is 2.97. The van der Waals surface area contributed by atoms with Gasteiger partial charge in [0.25, 0.3) is 0 Å². The zero-order valence-electron chi connectivity index (χ0n) is 17.8. The summed E-state index contributed by atoms with van der Waals surface area (Å²) < 4.78 is 6.59. The van der Waals surface area contributed by atoms with E-state index < -0.39 is 8.32 Å². The van der Waals surface area contributed by atoms with Crippen molar-refractivity contribution in [2.24, 2.45) is 17.3 Å². The van der Waals surface area contributed by atoms with Crippen molar-refractivity contribution < 1.29 is 4.43 Å². The van der Waals surface area contributed by atoms with Gasteiger partial charge in [0.1, 0.15) is 5.75 Å². The van der Waals surface area contributed by atoms with E-state index in [1.807, 2.05) is 0 Å². The lowest BCUT2D eigenvalue weighted by atomic mass is 9.56. The fourth-order valence-electron chi connectivity index (χ4n) is 6.06. The number of aryl methyl sites for hydroxylation is 1. The van der Waals surface area contributed by atoms with E-state index in [1.165, 1.54) is 44.9 Å². The predicted octanol–water partition coefficient (Wildman–Crippen LogP) is 7.32. The molecule has 0 saturated heterocycles. The molecular weight excluding hydrogens is 332 g/mol. The Morgan fingerprint density at radius 1 is 1.08 bits per heavy atom. The summed E-state index contributed by atoms with van der Waals surface area (Å²) in [7, 11) is -1.75. The van der Waals surface area contributed by atoms with Crippen molar-refractivity contribution in [1.29, 1.82) is 0 Å². The van der Waals surface area contributed by atoms with Gasteiger partial charge in [-0.15, -0.1) is 0 Å². The topological polar surface area (TPSA) is 9.23 Å². The Balaban J connectivity index is 1.58. The second kappa shape index (κ2) is 6.12. The zero-order valence-corrected chi connectivity index (χ0v) is 18.8. The van der Waals surface area contributed by atoms with Crippen molar-refractivity contribution in [3.05, 3.63) is 29.3 Å². The fraction of sp³-hybridized carbons (Fsp3) is 0.750. The van der Waals surface area contributed by atoms with Gasteiger partial charge in [0.05, 0.1) is 0 Å². The Kier molecular flexibility index (Phi) is 4.38. The van der Waals surface area contributed by atoms with Crippen LogP contribution in [0.1, 0.15) is 83.3 Å². The van der Waals surface area contributed by atoms with Crippen LogP contribution < -0.4 is 4.43 Å². The summed E-state index contributed by atoms with van der Waals surface area (Å²) in [6, 6.07) is 7.12. The number of hydrogen-bond donors (Lipinski definition) is 0. The molecular formula is C24H38OSi. The van der Waals surface area contributed by atoms with Crippen LogP contribution in [0.25, 0.3) is 0 Å². The maximum absolute atomic E-state index is 6.59. The van der Waals surface area contributed by atoms with E-state index in [4.69, 9.17) is 4.43 Å². The average molecular weight is 371 g/mol. The van der Waals surface area contributed by atoms with Gasteiger partial charge in [-0.3, -0.25) is 0 Å². The highest BCUT2D eigenvalue weighted by molar-refractivity contribution is 6.74. The van der Waals surface area contributed by atoms with Gasteiger partial charge < -0.3 is 4.43 Å². The first-order valence-corrected chi connectivity index (χ1v) is 13.8. The molecule has 2 fully saturated rings. The molecule has 0 aliphatic heterocycles. The van der Waals surface area contributed by atoms with Crippen LogP contribution in [0.15, 0.2) is 18.2 Å². The Labute approximate surface area is 162 Å². The number of hydrogen-bond acceptors (Lipinski definition) is 1. The highest BCUT2D eigenvalue weighted by atomic mass is 28.4. The molecule has 0 spiro atoms. The van der Waals surface area contributed by atoms with Crippen LogP contribution in [0.4, 0.5) is 0 Å². The molecule has 3 unspecified atom stereocenters. The maximum atomic E-state index is 6.59. The van der Waals surface area contributed by atoms with Gasteiger partial charge in [0, 0.05) is 0 Å². The van der Waals surface area contributed by atoms with E-state index in [0.29, 0.717) is 5.41 Å². The van der Waals surface area contributed by atoms with Gasteiger partial charge in [-0.2, -0.15) is 0 Å². The quantitative estimate of drug-likeness (QED) is 0.496. The SMILES string of the molecule is CC(C)(C)[Si](C)(C)Oc1ccc2c(c1)CCC1C2CC[C@]2(C)CCCC12. The smallest absolute Gasteiger partial charge is 0.250 e. The van der Waals surface area contributed by atoms with Gasteiger partial charge in [0.2, 0.25) is 8.32 Å². The fourth-order valence-corrected chi connectivity index (χ4v) is 7.09. The highest BCUT2D eigenvalue weighted by Crippen LogP contribution is 2.60. The molecule has 1 aromatic rings. The highest BCUT2D eigenvalue weighted by Gasteiger charge is 2.50. The number of rotatable bonds is 2. The molecule has 1 nitrogen and oxygen atoms in total. The van der Waals surface area contributed by atoms with Crippen molar-refractivity contribution in [1.82, 2.24) is 0 Å². The van der Waals surface area contributed by atoms with E-state index in [0.717, 1.165) is 23.5 Å². The summed E-state index contributed by atoms with van der Waals surface area (Å²) in [5, 5.41) is 0.254. The van der Waals surface area contributed by atoms with Crippen LogP contribution in [0.5, 0.6) is 5.75 Å². The first-order valence-electron chi connectivity index (χ1n) is 10.9. The van der Waals surface area contributed by atoms with Crippen molar-refractivity contribution in [2.75, 3.05) is 0 Å². The average Bonchev–Trinajstić information content (AvgIpc) is 2.94. The molecule has 3 aliphatic rings. The molecule has 26 heavy (non-hydrogen) atoms. The third-order valence-corrected chi connectivity index (χ3v) is 13.0. The normalized spacial score (nSPS) is 34.0. The molecule has 0 N–H and O–H groups in total. The molecule has 4 atom stereocenters. The second-order valence-electron chi connectivity index (χ2n) is 11.2. The lowest BCUT2D eigenvalue weighted by Crippen LogP contribution is -2.44. The molecule has 0 amide bonds. The Hall–Kier alpha value is -0.763. The Bertz CT molecular complexity index is 686. The van der Waals surface area contributed by atoms with Crippen LogP contribution in [0.2, 0.25) is 18.1 Å². The summed E-state index contributed by atoms with van der Waals surface area (Å²) in [4.78, 5) is 0. The van der Waals surface area contributed by atoms with Crippen LogP contribution in [-0.2, 0) is 6.42 Å². The molecule has 144 valence electrons. The van der Waals surface area contributed by atoms with E-state index in [-0.39, 0.29) is 5.04 Å².